The summed E-state index contributed by atoms with van der Waals surface area (Å²) in [5, 5.41) is 2.48. The van der Waals surface area contributed by atoms with Crippen LogP contribution in [-0.2, 0) is 14.3 Å². The highest BCUT2D eigenvalue weighted by Crippen LogP contribution is 2.44. The van der Waals surface area contributed by atoms with Crippen molar-refractivity contribution in [3.05, 3.63) is 59.7 Å². The quantitative estimate of drug-likeness (QED) is 0.443. The summed E-state index contributed by atoms with van der Waals surface area (Å²) in [6.07, 6.45) is 0.793. The first-order chi connectivity index (χ1) is 14.0. The van der Waals surface area contributed by atoms with Crippen molar-refractivity contribution in [1.29, 1.82) is 0 Å². The largest absolute Gasteiger partial charge is 0.449 e. The highest BCUT2D eigenvalue weighted by molar-refractivity contribution is 6.37. The van der Waals surface area contributed by atoms with Gasteiger partial charge in [0.15, 0.2) is 0 Å². The normalized spacial score (nSPS) is 13.3. The van der Waals surface area contributed by atoms with E-state index in [-0.39, 0.29) is 18.9 Å². The van der Waals surface area contributed by atoms with Crippen molar-refractivity contribution >= 4 is 17.8 Å². The van der Waals surface area contributed by atoms with Gasteiger partial charge in [0.1, 0.15) is 12.6 Å². The number of rotatable bonds is 9. The summed E-state index contributed by atoms with van der Waals surface area (Å²) >= 11 is 0. The molecular weight excluding hydrogens is 370 g/mol. The van der Waals surface area contributed by atoms with E-state index >= 15 is 0 Å². The number of ether oxygens (including phenoxy) is 1. The molecule has 29 heavy (non-hydrogen) atoms. The molecule has 0 unspecified atom stereocenters. The lowest BCUT2D eigenvalue weighted by atomic mass is 9.98. The van der Waals surface area contributed by atoms with Gasteiger partial charge < -0.3 is 21.5 Å². The van der Waals surface area contributed by atoms with Gasteiger partial charge in [0.05, 0.1) is 0 Å². The van der Waals surface area contributed by atoms with Crippen molar-refractivity contribution in [2.75, 3.05) is 13.2 Å². The van der Waals surface area contributed by atoms with Gasteiger partial charge in [-0.25, -0.2) is 4.79 Å². The van der Waals surface area contributed by atoms with Crippen LogP contribution in [0, 0.1) is 0 Å². The maximum absolute atomic E-state index is 12.3. The number of hydrogen-bond acceptors (Lipinski definition) is 5. The Morgan fingerprint density at radius 2 is 1.55 bits per heavy atom. The molecule has 0 aromatic heterocycles. The molecule has 0 aliphatic heterocycles. The molecule has 3 rings (SSSR count). The molecule has 0 saturated heterocycles. The smallest absolute Gasteiger partial charge is 0.407 e. The Morgan fingerprint density at radius 1 is 0.966 bits per heavy atom. The van der Waals surface area contributed by atoms with Crippen LogP contribution in [0.5, 0.6) is 0 Å². The van der Waals surface area contributed by atoms with Gasteiger partial charge in [-0.2, -0.15) is 0 Å². The number of unbranched alkanes of at least 4 members (excludes halogenated alkanes) is 1. The van der Waals surface area contributed by atoms with E-state index in [4.69, 9.17) is 16.2 Å². The van der Waals surface area contributed by atoms with Crippen LogP contribution in [0.1, 0.15) is 36.3 Å². The molecule has 1 aliphatic rings. The molecular formula is C22H25N3O4. The van der Waals surface area contributed by atoms with Crippen molar-refractivity contribution < 1.29 is 19.1 Å². The Morgan fingerprint density at radius 3 is 2.10 bits per heavy atom. The fourth-order valence-corrected chi connectivity index (χ4v) is 3.72. The van der Waals surface area contributed by atoms with Crippen LogP contribution in [0.3, 0.4) is 0 Å². The Labute approximate surface area is 169 Å². The lowest BCUT2D eigenvalue weighted by Gasteiger charge is -2.18. The Balaban J connectivity index is 1.66. The van der Waals surface area contributed by atoms with Crippen molar-refractivity contribution in [1.82, 2.24) is 5.32 Å². The highest BCUT2D eigenvalue weighted by atomic mass is 16.5. The molecule has 152 valence electrons. The number of carbonyl (C=O) groups is 3. The molecule has 7 nitrogen and oxygen atoms in total. The monoisotopic (exact) mass is 395 g/mol. The lowest BCUT2D eigenvalue weighted by molar-refractivity contribution is -0.137. The molecule has 0 saturated carbocycles. The number of benzene rings is 2. The van der Waals surface area contributed by atoms with E-state index in [0.29, 0.717) is 19.4 Å². The number of Topliss-reactive ketones (excluding diaryl/α,β-unsaturated/α-hetero) is 1. The number of primary amides is 1. The molecule has 1 aliphatic carbocycles. The number of nitrogens with one attached hydrogen (secondary N) is 1. The predicted molar refractivity (Wildman–Crippen MR) is 109 cm³/mol. The van der Waals surface area contributed by atoms with E-state index in [1.54, 1.807) is 0 Å². The van der Waals surface area contributed by atoms with Crippen LogP contribution < -0.4 is 16.8 Å². The summed E-state index contributed by atoms with van der Waals surface area (Å²) in [7, 11) is 0. The summed E-state index contributed by atoms with van der Waals surface area (Å²) < 4.78 is 5.43. The predicted octanol–water partition coefficient (Wildman–Crippen LogP) is 2.08. The van der Waals surface area contributed by atoms with Gasteiger partial charge in [0.2, 0.25) is 5.78 Å². The van der Waals surface area contributed by atoms with Gasteiger partial charge in [-0.3, -0.25) is 9.59 Å². The lowest BCUT2D eigenvalue weighted by Crippen LogP contribution is -2.46. The zero-order valence-electron chi connectivity index (χ0n) is 16.1. The van der Waals surface area contributed by atoms with Crippen molar-refractivity contribution in [3.63, 3.8) is 0 Å². The van der Waals surface area contributed by atoms with Crippen LogP contribution in [-0.4, -0.2) is 37.0 Å². The SMILES string of the molecule is NCCCC[C@H](NC(=O)OCC1c2ccccc2-c2ccccc21)C(=O)C(N)=O. The third kappa shape index (κ3) is 4.63. The van der Waals surface area contributed by atoms with E-state index in [9.17, 15) is 14.4 Å². The Hall–Kier alpha value is -3.19. The molecule has 1 atom stereocenters. The van der Waals surface area contributed by atoms with Crippen molar-refractivity contribution in [2.24, 2.45) is 11.5 Å². The zero-order valence-corrected chi connectivity index (χ0v) is 16.1. The maximum atomic E-state index is 12.3. The van der Waals surface area contributed by atoms with Crippen molar-refractivity contribution in [2.45, 2.75) is 31.2 Å². The Kier molecular flexibility index (Phi) is 6.61. The third-order valence-corrected chi connectivity index (χ3v) is 5.14. The second kappa shape index (κ2) is 9.34. The average molecular weight is 395 g/mol. The van der Waals surface area contributed by atoms with E-state index < -0.39 is 23.8 Å². The van der Waals surface area contributed by atoms with Gasteiger partial charge in [0.25, 0.3) is 5.91 Å². The molecule has 7 heteroatoms. The van der Waals surface area contributed by atoms with Crippen LogP contribution in [0.2, 0.25) is 0 Å². The standard InChI is InChI=1S/C22H25N3O4/c23-12-6-5-11-19(20(26)21(24)27)25-22(28)29-13-18-16-9-3-1-7-14(16)15-8-2-4-10-17(15)18/h1-4,7-10,18-19H,5-6,11-13,23H2,(H2,24,27)(H,25,28)/t19-/m0/s1. The second-order valence-electron chi connectivity index (χ2n) is 7.04. The van der Waals surface area contributed by atoms with Crippen LogP contribution in [0.25, 0.3) is 11.1 Å². The zero-order chi connectivity index (χ0) is 20.8. The van der Waals surface area contributed by atoms with Gasteiger partial charge in [0, 0.05) is 5.92 Å². The molecule has 5 N–H and O–H groups in total. The number of ketones is 1. The molecule has 0 radical (unpaired) electrons. The number of nitrogens with two attached hydrogens (primary N) is 2. The maximum Gasteiger partial charge on any atom is 0.407 e. The average Bonchev–Trinajstić information content (AvgIpc) is 3.05. The van der Waals surface area contributed by atoms with Gasteiger partial charge >= 0.3 is 6.09 Å². The van der Waals surface area contributed by atoms with E-state index in [1.807, 2.05) is 48.5 Å². The van der Waals surface area contributed by atoms with E-state index in [1.165, 1.54) is 0 Å². The number of hydrogen-bond donors (Lipinski definition) is 3. The Bertz CT molecular complexity index is 867. The van der Waals surface area contributed by atoms with Crippen LogP contribution in [0.4, 0.5) is 4.79 Å². The summed E-state index contributed by atoms with van der Waals surface area (Å²) in [5.41, 5.74) is 15.0. The molecule has 2 aromatic carbocycles. The van der Waals surface area contributed by atoms with Crippen molar-refractivity contribution in [3.8, 4) is 11.1 Å². The second-order valence-corrected chi connectivity index (χ2v) is 7.04. The summed E-state index contributed by atoms with van der Waals surface area (Å²) in [6.45, 7) is 0.586. The number of carbonyl (C=O) groups excluding carboxylic acids is 3. The highest BCUT2D eigenvalue weighted by Gasteiger charge is 2.30. The molecule has 0 fully saturated rings. The minimum atomic E-state index is -1.08. The fraction of sp³-hybridized carbons (Fsp3) is 0.318. The third-order valence-electron chi connectivity index (χ3n) is 5.14. The first-order valence-electron chi connectivity index (χ1n) is 9.68. The topological polar surface area (TPSA) is 125 Å². The first kappa shape index (κ1) is 20.5. The first-order valence-corrected chi connectivity index (χ1v) is 9.68. The van der Waals surface area contributed by atoms with E-state index in [0.717, 1.165) is 22.3 Å². The molecule has 2 amide bonds. The molecule has 2 aromatic rings. The summed E-state index contributed by atoms with van der Waals surface area (Å²) in [5.74, 6) is -2.01. The van der Waals surface area contributed by atoms with Gasteiger partial charge in [-0.05, 0) is 48.1 Å². The van der Waals surface area contributed by atoms with Crippen LogP contribution in [0.15, 0.2) is 48.5 Å². The van der Waals surface area contributed by atoms with Gasteiger partial charge in [-0.15, -0.1) is 0 Å². The summed E-state index contributed by atoms with van der Waals surface area (Å²) in [6, 6.07) is 15.0. The van der Waals surface area contributed by atoms with E-state index in [2.05, 4.69) is 5.32 Å². The molecule has 0 spiro atoms. The van der Waals surface area contributed by atoms with Gasteiger partial charge in [-0.1, -0.05) is 48.5 Å². The fourth-order valence-electron chi connectivity index (χ4n) is 3.72. The summed E-state index contributed by atoms with van der Waals surface area (Å²) in [4.78, 5) is 35.6. The number of alkyl carbamates (subject to hydrolysis) is 1. The minimum absolute atomic E-state index is 0.0873. The van der Waals surface area contributed by atoms with Crippen LogP contribution >= 0.6 is 0 Å². The number of fused-ring (bicyclic) bond motifs is 3. The molecule has 0 bridgehead atoms. The number of amides is 2. The minimum Gasteiger partial charge on any atom is -0.449 e. The molecule has 0 heterocycles.